The Morgan fingerprint density at radius 2 is 2.04 bits per heavy atom. The second-order valence-electron chi connectivity index (χ2n) is 5.20. The van der Waals surface area contributed by atoms with Crippen molar-refractivity contribution in [1.29, 1.82) is 0 Å². The van der Waals surface area contributed by atoms with Crippen LogP contribution in [-0.4, -0.2) is 44.5 Å². The topological polar surface area (TPSA) is 95.0 Å². The summed E-state index contributed by atoms with van der Waals surface area (Å²) in [4.78, 5) is 8.18. The Hall–Kier alpha value is -2.36. The predicted octanol–water partition coefficient (Wildman–Crippen LogP) is 0.881. The molecule has 3 aromatic rings. The van der Waals surface area contributed by atoms with E-state index in [-0.39, 0.29) is 23.2 Å². The normalized spacial score (nSPS) is 12.1. The first-order valence-corrected chi connectivity index (χ1v) is 8.55. The maximum atomic E-state index is 12.5. The van der Waals surface area contributed by atoms with Crippen LogP contribution in [0.3, 0.4) is 0 Å². The first-order valence-electron chi connectivity index (χ1n) is 6.90. The molecule has 8 nitrogen and oxygen atoms in total. The van der Waals surface area contributed by atoms with E-state index in [1.807, 2.05) is 0 Å². The molecule has 0 aliphatic carbocycles. The highest BCUT2D eigenvalue weighted by molar-refractivity contribution is 7.90. The van der Waals surface area contributed by atoms with Crippen LogP contribution < -0.4 is 0 Å². The Bertz CT molecular complexity index is 962. The van der Waals surface area contributed by atoms with E-state index in [1.165, 1.54) is 21.6 Å². The van der Waals surface area contributed by atoms with Crippen LogP contribution in [0, 0.1) is 13.8 Å². The van der Waals surface area contributed by atoms with Crippen molar-refractivity contribution in [2.24, 2.45) is 0 Å². The summed E-state index contributed by atoms with van der Waals surface area (Å²) in [5, 5.41) is 7.66. The Kier molecular flexibility index (Phi) is 3.84. The van der Waals surface area contributed by atoms with Crippen LogP contribution in [0.25, 0.3) is 5.78 Å². The lowest BCUT2D eigenvalue weighted by Crippen LogP contribution is -2.07. The van der Waals surface area contributed by atoms with Gasteiger partial charge in [-0.05, 0) is 19.9 Å². The number of rotatable bonds is 5. The van der Waals surface area contributed by atoms with Crippen molar-refractivity contribution in [2.75, 3.05) is 6.67 Å². The Balaban J connectivity index is 1.94. The van der Waals surface area contributed by atoms with Gasteiger partial charge < -0.3 is 0 Å². The molecular weight excluding hydrogens is 323 g/mol. The fourth-order valence-electron chi connectivity index (χ4n) is 2.25. The lowest BCUT2D eigenvalue weighted by atomic mass is 10.4. The first kappa shape index (κ1) is 15.5. The van der Waals surface area contributed by atoms with Crippen LogP contribution in [-0.2, 0) is 22.1 Å². The zero-order chi connectivity index (χ0) is 16.6. The first-order chi connectivity index (χ1) is 10.9. The quantitative estimate of drug-likeness (QED) is 0.685. The van der Waals surface area contributed by atoms with Crippen molar-refractivity contribution in [3.05, 3.63) is 35.4 Å². The number of fused-ring (bicyclic) bond motifs is 1. The molecule has 0 unspecified atom stereocenters. The molecule has 0 saturated heterocycles. The van der Waals surface area contributed by atoms with Gasteiger partial charge in [0.1, 0.15) is 6.67 Å². The number of aryl methyl sites for hydroxylation is 3. The summed E-state index contributed by atoms with van der Waals surface area (Å²) in [6, 6.07) is 1.79. The number of nitrogens with zero attached hydrogens (tertiary/aromatic N) is 6. The van der Waals surface area contributed by atoms with Crippen molar-refractivity contribution in [3.8, 4) is 0 Å². The third kappa shape index (κ3) is 3.07. The minimum Gasteiger partial charge on any atom is -0.270 e. The highest BCUT2D eigenvalue weighted by atomic mass is 32.2. The lowest BCUT2D eigenvalue weighted by molar-refractivity contribution is 0.427. The fourth-order valence-corrected chi connectivity index (χ4v) is 3.40. The van der Waals surface area contributed by atoms with Crippen LogP contribution in [0.1, 0.15) is 17.0 Å². The third-order valence-electron chi connectivity index (χ3n) is 3.23. The zero-order valence-electron chi connectivity index (χ0n) is 12.6. The number of hydrogen-bond donors (Lipinski definition) is 0. The Labute approximate surface area is 131 Å². The van der Waals surface area contributed by atoms with Crippen LogP contribution in [0.5, 0.6) is 0 Å². The Morgan fingerprint density at radius 3 is 2.78 bits per heavy atom. The van der Waals surface area contributed by atoms with Gasteiger partial charge in [-0.2, -0.15) is 10.1 Å². The summed E-state index contributed by atoms with van der Waals surface area (Å²) in [5.74, 6) is -0.0528. The van der Waals surface area contributed by atoms with E-state index in [9.17, 15) is 12.8 Å². The number of sulfone groups is 1. The van der Waals surface area contributed by atoms with Gasteiger partial charge >= 0.3 is 0 Å². The molecule has 3 heterocycles. The second-order valence-corrected chi connectivity index (χ2v) is 7.09. The molecule has 0 atom stereocenters. The molecule has 0 amide bonds. The monoisotopic (exact) mass is 338 g/mol. The second kappa shape index (κ2) is 5.69. The summed E-state index contributed by atoms with van der Waals surface area (Å²) in [7, 11) is -3.74. The molecule has 122 valence electrons. The number of alkyl halides is 1. The van der Waals surface area contributed by atoms with E-state index in [0.717, 1.165) is 11.4 Å². The molecule has 0 fully saturated rings. The molecule has 0 aromatic carbocycles. The summed E-state index contributed by atoms with van der Waals surface area (Å²) < 4.78 is 39.9. The minimum atomic E-state index is -3.74. The molecule has 0 aliphatic heterocycles. The predicted molar refractivity (Wildman–Crippen MR) is 79.3 cm³/mol. The largest absolute Gasteiger partial charge is 0.270 e. The third-order valence-corrected chi connectivity index (χ3v) is 4.68. The summed E-state index contributed by atoms with van der Waals surface area (Å²) in [5.41, 5.74) is 1.94. The zero-order valence-corrected chi connectivity index (χ0v) is 13.5. The average molecular weight is 338 g/mol. The van der Waals surface area contributed by atoms with Gasteiger partial charge in [0.15, 0.2) is 0 Å². The minimum absolute atomic E-state index is 0.0923. The van der Waals surface area contributed by atoms with Crippen molar-refractivity contribution >= 4 is 15.6 Å². The van der Waals surface area contributed by atoms with Gasteiger partial charge in [-0.3, -0.25) is 4.68 Å². The molecule has 10 heteroatoms. The lowest BCUT2D eigenvalue weighted by Gasteiger charge is -1.98. The number of halogens is 1. The molecule has 3 rings (SSSR count). The van der Waals surface area contributed by atoms with Gasteiger partial charge in [0.2, 0.25) is 9.84 Å². The highest BCUT2D eigenvalue weighted by Gasteiger charge is 2.23. The summed E-state index contributed by atoms with van der Waals surface area (Å²) in [6.45, 7) is 3.13. The van der Waals surface area contributed by atoms with E-state index >= 15 is 0 Å². The molecule has 0 saturated carbocycles. The number of hydrogen-bond acceptors (Lipinski definition) is 6. The van der Waals surface area contributed by atoms with E-state index in [0.29, 0.717) is 5.56 Å². The van der Waals surface area contributed by atoms with Crippen molar-refractivity contribution < 1.29 is 12.8 Å². The van der Waals surface area contributed by atoms with Crippen LogP contribution in [0.2, 0.25) is 0 Å². The molecule has 0 bridgehead atoms. The Morgan fingerprint density at radius 1 is 1.26 bits per heavy atom. The van der Waals surface area contributed by atoms with E-state index in [2.05, 4.69) is 20.2 Å². The molecule has 3 aromatic heterocycles. The summed E-state index contributed by atoms with van der Waals surface area (Å²) >= 11 is 0. The fraction of sp³-hybridized carbons (Fsp3) is 0.385. The van der Waals surface area contributed by atoms with Crippen LogP contribution >= 0.6 is 0 Å². The van der Waals surface area contributed by atoms with Gasteiger partial charge in [0, 0.05) is 23.1 Å². The van der Waals surface area contributed by atoms with Gasteiger partial charge in [-0.15, -0.1) is 5.10 Å². The van der Waals surface area contributed by atoms with E-state index < -0.39 is 16.5 Å². The molecule has 23 heavy (non-hydrogen) atoms. The molecule has 0 aliphatic rings. The standard InChI is InChI=1S/C13H15FN6O2S/c1-9-5-10(2)20-12(16-9)17-13(18-20)23(21,22)8-11-6-15-19(7-11)4-3-14/h5-7H,3-4,8H2,1-2H3. The van der Waals surface area contributed by atoms with E-state index in [4.69, 9.17) is 0 Å². The smallest absolute Gasteiger partial charge is 0.269 e. The summed E-state index contributed by atoms with van der Waals surface area (Å²) in [6.07, 6.45) is 2.90. The van der Waals surface area contributed by atoms with Gasteiger partial charge in [0.25, 0.3) is 10.9 Å². The SMILES string of the molecule is Cc1cc(C)n2nc(S(=O)(=O)Cc3cnn(CCF)c3)nc2n1. The van der Waals surface area contributed by atoms with Gasteiger partial charge in [-0.1, -0.05) is 0 Å². The number of aromatic nitrogens is 6. The van der Waals surface area contributed by atoms with Crippen molar-refractivity contribution in [2.45, 2.75) is 31.3 Å². The van der Waals surface area contributed by atoms with Crippen molar-refractivity contribution in [1.82, 2.24) is 29.4 Å². The van der Waals surface area contributed by atoms with Crippen LogP contribution in [0.4, 0.5) is 4.39 Å². The molecule has 0 radical (unpaired) electrons. The van der Waals surface area contributed by atoms with Gasteiger partial charge in [-0.25, -0.2) is 22.3 Å². The van der Waals surface area contributed by atoms with E-state index in [1.54, 1.807) is 19.9 Å². The molecule has 0 spiro atoms. The van der Waals surface area contributed by atoms with Gasteiger partial charge in [0.05, 0.1) is 18.5 Å². The van der Waals surface area contributed by atoms with Crippen LogP contribution in [0.15, 0.2) is 23.6 Å². The average Bonchev–Trinajstić information content (AvgIpc) is 3.06. The maximum Gasteiger partial charge on any atom is 0.269 e. The maximum absolute atomic E-state index is 12.5. The molecular formula is C13H15FN6O2S. The molecule has 0 N–H and O–H groups in total. The van der Waals surface area contributed by atoms with Crippen molar-refractivity contribution in [3.63, 3.8) is 0 Å². The highest BCUT2D eigenvalue weighted by Crippen LogP contribution is 2.14.